The molecule has 2 atom stereocenters. The number of rotatable bonds is 13. The molecular formula is C32H35F3N4O5S. The Morgan fingerprint density at radius 2 is 1.93 bits per heavy atom. The van der Waals surface area contributed by atoms with Crippen molar-refractivity contribution in [2.24, 2.45) is 10.9 Å². The van der Waals surface area contributed by atoms with Gasteiger partial charge in [-0.15, -0.1) is 11.8 Å². The van der Waals surface area contributed by atoms with E-state index < -0.39 is 40.7 Å². The zero-order valence-corrected chi connectivity index (χ0v) is 26.0. The van der Waals surface area contributed by atoms with Crippen LogP contribution < -0.4 is 0 Å². The quantitative estimate of drug-likeness (QED) is 0.113. The SMILES string of the molecule is C=Nc1ccc(/C=C/C=C/C2OCC(SC(C)C(Cn3cncn3)(OC(=O)OCC(C)C)c3ccc(F)cc3F)CO2)c(F)c1. The fourth-order valence-corrected chi connectivity index (χ4v) is 5.92. The summed E-state index contributed by atoms with van der Waals surface area (Å²) >= 11 is 1.36. The molecule has 0 amide bonds. The molecule has 0 bridgehead atoms. The van der Waals surface area contributed by atoms with Crippen LogP contribution in [0.3, 0.4) is 0 Å². The number of allylic oxidation sites excluding steroid dienone is 2. The van der Waals surface area contributed by atoms with Crippen LogP contribution in [0.2, 0.25) is 0 Å². The maximum absolute atomic E-state index is 15.4. The lowest BCUT2D eigenvalue weighted by Crippen LogP contribution is -2.47. The Kier molecular flexibility index (Phi) is 12.0. The number of aliphatic imine (C=N–C) groups is 1. The molecule has 1 saturated heterocycles. The molecule has 0 saturated carbocycles. The Hall–Kier alpha value is -3.94. The summed E-state index contributed by atoms with van der Waals surface area (Å²) in [5.41, 5.74) is -0.883. The van der Waals surface area contributed by atoms with Crippen LogP contribution in [0.4, 0.5) is 23.7 Å². The lowest BCUT2D eigenvalue weighted by Gasteiger charge is -2.40. The monoisotopic (exact) mass is 644 g/mol. The summed E-state index contributed by atoms with van der Waals surface area (Å²) in [5, 5.41) is 3.28. The second-order valence-electron chi connectivity index (χ2n) is 10.7. The first-order valence-electron chi connectivity index (χ1n) is 14.2. The maximum Gasteiger partial charge on any atom is 0.509 e. The normalized spacial score (nSPS) is 19.1. The molecule has 0 N–H and O–H groups in total. The summed E-state index contributed by atoms with van der Waals surface area (Å²) in [7, 11) is 0. The Morgan fingerprint density at radius 3 is 2.58 bits per heavy atom. The van der Waals surface area contributed by atoms with Crippen LogP contribution in [0.5, 0.6) is 0 Å². The number of carbonyl (C=O) groups is 1. The summed E-state index contributed by atoms with van der Waals surface area (Å²) in [6.07, 6.45) is 7.73. The molecule has 4 rings (SSSR count). The van der Waals surface area contributed by atoms with E-state index in [2.05, 4.69) is 21.8 Å². The fraction of sp³-hybridized carbons (Fsp3) is 0.375. The van der Waals surface area contributed by atoms with Crippen molar-refractivity contribution < 1.29 is 36.9 Å². The van der Waals surface area contributed by atoms with Crippen molar-refractivity contribution in [1.29, 1.82) is 0 Å². The summed E-state index contributed by atoms with van der Waals surface area (Å²) in [5.74, 6) is -2.04. The van der Waals surface area contributed by atoms with E-state index in [0.717, 1.165) is 12.1 Å². The van der Waals surface area contributed by atoms with Crippen molar-refractivity contribution in [2.45, 2.75) is 49.7 Å². The second kappa shape index (κ2) is 15.9. The van der Waals surface area contributed by atoms with Gasteiger partial charge in [0, 0.05) is 28.5 Å². The van der Waals surface area contributed by atoms with Gasteiger partial charge in [0.15, 0.2) is 11.9 Å². The van der Waals surface area contributed by atoms with Crippen LogP contribution in [-0.2, 0) is 31.1 Å². The summed E-state index contributed by atoms with van der Waals surface area (Å²) < 4.78 is 67.9. The highest BCUT2D eigenvalue weighted by atomic mass is 32.2. The molecule has 2 aromatic carbocycles. The van der Waals surface area contributed by atoms with Crippen LogP contribution in [0, 0.1) is 23.4 Å². The van der Waals surface area contributed by atoms with Crippen molar-refractivity contribution in [2.75, 3.05) is 19.8 Å². The van der Waals surface area contributed by atoms with E-state index >= 15 is 4.39 Å². The molecule has 1 aliphatic rings. The summed E-state index contributed by atoms with van der Waals surface area (Å²) in [6, 6.07) is 7.67. The number of hydrogen-bond donors (Lipinski definition) is 0. The molecule has 0 aliphatic carbocycles. The van der Waals surface area contributed by atoms with Crippen molar-refractivity contribution >= 4 is 36.4 Å². The standard InChI is InChI=1S/C32H35F3N4O5S/c1-21(2)15-43-31(40)44-32(18-39-20-37-19-38-39,27-12-10-24(33)13-29(27)35)22(3)45-26-16-41-30(42-17-26)8-6-5-7-23-9-11-25(36-4)14-28(23)34/h5-14,19-22,26,30H,4,15-18H2,1-3H3/b7-5+,8-6+. The first-order chi connectivity index (χ1) is 21.6. The van der Waals surface area contributed by atoms with Crippen LogP contribution in [0.25, 0.3) is 6.08 Å². The smallest absolute Gasteiger partial charge is 0.434 e. The van der Waals surface area contributed by atoms with Crippen LogP contribution >= 0.6 is 11.8 Å². The van der Waals surface area contributed by atoms with Gasteiger partial charge < -0.3 is 18.9 Å². The van der Waals surface area contributed by atoms with E-state index in [0.29, 0.717) is 11.3 Å². The topological polar surface area (TPSA) is 97.1 Å². The number of ether oxygens (including phenoxy) is 4. The van der Waals surface area contributed by atoms with E-state index in [-0.39, 0.29) is 43.1 Å². The molecule has 2 unspecified atom stereocenters. The van der Waals surface area contributed by atoms with Crippen molar-refractivity contribution in [1.82, 2.24) is 14.8 Å². The zero-order chi connectivity index (χ0) is 32.4. The minimum absolute atomic E-state index is 0.0354. The van der Waals surface area contributed by atoms with Crippen molar-refractivity contribution in [3.05, 3.63) is 95.9 Å². The van der Waals surface area contributed by atoms with E-state index in [1.54, 1.807) is 43.4 Å². The van der Waals surface area contributed by atoms with Crippen LogP contribution in [-0.4, -0.2) is 64.2 Å². The minimum atomic E-state index is -1.68. The third-order valence-electron chi connectivity index (χ3n) is 6.82. The van der Waals surface area contributed by atoms with Gasteiger partial charge in [0.05, 0.1) is 37.3 Å². The minimum Gasteiger partial charge on any atom is -0.434 e. The van der Waals surface area contributed by atoms with Gasteiger partial charge in [-0.2, -0.15) is 5.10 Å². The van der Waals surface area contributed by atoms with Gasteiger partial charge >= 0.3 is 6.16 Å². The largest absolute Gasteiger partial charge is 0.509 e. The lowest BCUT2D eigenvalue weighted by atomic mass is 9.89. The van der Waals surface area contributed by atoms with E-state index in [4.69, 9.17) is 18.9 Å². The van der Waals surface area contributed by atoms with E-state index in [1.165, 1.54) is 41.2 Å². The zero-order valence-electron chi connectivity index (χ0n) is 25.1. The summed E-state index contributed by atoms with van der Waals surface area (Å²) in [6.45, 7) is 9.40. The van der Waals surface area contributed by atoms with Gasteiger partial charge in [-0.25, -0.2) is 27.6 Å². The molecule has 45 heavy (non-hydrogen) atoms. The average Bonchev–Trinajstić information content (AvgIpc) is 3.52. The second-order valence-corrected chi connectivity index (χ2v) is 12.4. The van der Waals surface area contributed by atoms with E-state index in [1.807, 2.05) is 13.8 Å². The van der Waals surface area contributed by atoms with Gasteiger partial charge in [-0.3, -0.25) is 4.99 Å². The first-order valence-corrected chi connectivity index (χ1v) is 15.2. The number of benzene rings is 2. The maximum atomic E-state index is 15.4. The highest BCUT2D eigenvalue weighted by Crippen LogP contribution is 2.42. The third kappa shape index (κ3) is 9.28. The molecule has 240 valence electrons. The Labute approximate surface area is 264 Å². The van der Waals surface area contributed by atoms with Crippen molar-refractivity contribution in [3.8, 4) is 0 Å². The first kappa shape index (κ1) is 33.9. The number of halogens is 3. The predicted octanol–water partition coefficient (Wildman–Crippen LogP) is 6.87. The molecular weight excluding hydrogens is 609 g/mol. The Bertz CT molecular complexity index is 1500. The van der Waals surface area contributed by atoms with Gasteiger partial charge in [-0.1, -0.05) is 32.1 Å². The highest BCUT2D eigenvalue weighted by Gasteiger charge is 2.47. The van der Waals surface area contributed by atoms with Gasteiger partial charge in [-0.05, 0) is 49.9 Å². The van der Waals surface area contributed by atoms with E-state index in [9.17, 15) is 13.6 Å². The predicted molar refractivity (Wildman–Crippen MR) is 166 cm³/mol. The Morgan fingerprint density at radius 1 is 1.16 bits per heavy atom. The Balaban J connectivity index is 1.48. The van der Waals surface area contributed by atoms with Gasteiger partial charge in [0.25, 0.3) is 0 Å². The molecule has 1 fully saturated rings. The van der Waals surface area contributed by atoms with Gasteiger partial charge in [0.2, 0.25) is 0 Å². The molecule has 0 spiro atoms. The van der Waals surface area contributed by atoms with Crippen molar-refractivity contribution in [3.63, 3.8) is 0 Å². The summed E-state index contributed by atoms with van der Waals surface area (Å²) in [4.78, 5) is 20.6. The molecule has 1 aromatic heterocycles. The molecule has 2 heterocycles. The number of hydrogen-bond acceptors (Lipinski definition) is 9. The average molecular weight is 645 g/mol. The molecule has 13 heteroatoms. The number of aromatic nitrogens is 3. The fourth-order valence-electron chi connectivity index (χ4n) is 4.56. The van der Waals surface area contributed by atoms with Crippen LogP contribution in [0.1, 0.15) is 31.9 Å². The molecule has 3 aromatic rings. The number of thioether (sulfide) groups is 1. The highest BCUT2D eigenvalue weighted by molar-refractivity contribution is 8.00. The number of nitrogens with zero attached hydrogens (tertiary/aromatic N) is 4. The molecule has 9 nitrogen and oxygen atoms in total. The van der Waals surface area contributed by atoms with Gasteiger partial charge in [0.1, 0.15) is 30.1 Å². The third-order valence-corrected chi connectivity index (χ3v) is 8.26. The number of carbonyl (C=O) groups excluding carboxylic acids is 1. The lowest BCUT2D eigenvalue weighted by molar-refractivity contribution is -0.146. The molecule has 0 radical (unpaired) electrons. The van der Waals surface area contributed by atoms with Crippen LogP contribution in [0.15, 0.2) is 72.3 Å². The molecule has 1 aliphatic heterocycles.